The maximum Gasteiger partial charge on any atom is 0.277 e. The fourth-order valence-electron chi connectivity index (χ4n) is 3.50. The Bertz CT molecular complexity index is 1200. The Balaban J connectivity index is 1.67. The third-order valence-corrected chi connectivity index (χ3v) is 4.91. The molecule has 2 aromatic heterocycles. The van der Waals surface area contributed by atoms with Crippen molar-refractivity contribution < 1.29 is 18.0 Å². The van der Waals surface area contributed by atoms with E-state index in [1.807, 2.05) is 0 Å². The van der Waals surface area contributed by atoms with Gasteiger partial charge in [0.25, 0.3) is 5.91 Å². The van der Waals surface area contributed by atoms with Gasteiger partial charge in [0.1, 0.15) is 17.5 Å². The van der Waals surface area contributed by atoms with Crippen molar-refractivity contribution in [2.24, 2.45) is 10.7 Å². The number of carbonyl (C=O) groups is 1. The molecule has 30 heavy (non-hydrogen) atoms. The zero-order valence-corrected chi connectivity index (χ0v) is 15.8. The molecule has 0 bridgehead atoms. The molecular weight excluding hydrogens is 395 g/mol. The molecule has 6 nitrogen and oxygen atoms in total. The number of nitrogens with zero attached hydrogens (tertiary/aromatic N) is 3. The van der Waals surface area contributed by atoms with Crippen LogP contribution in [0.5, 0.6) is 0 Å². The lowest BCUT2D eigenvalue weighted by Crippen LogP contribution is -2.34. The Kier molecular flexibility index (Phi) is 4.73. The van der Waals surface area contributed by atoms with Crippen molar-refractivity contribution in [2.45, 2.75) is 18.9 Å². The minimum atomic E-state index is -1.10. The minimum Gasteiger partial charge on any atom is -0.383 e. The number of amidine groups is 1. The SMILES string of the molecule is CC1(c2cc(NC(=O)c3ncc(F)cc3F)ccc2F)Cc2cnccc2C(N)=N1. The molecule has 1 aromatic carbocycles. The Morgan fingerprint density at radius 1 is 1.13 bits per heavy atom. The summed E-state index contributed by atoms with van der Waals surface area (Å²) in [5.74, 6) is -3.17. The number of nitrogens with one attached hydrogen (secondary N) is 1. The molecule has 4 rings (SSSR count). The third-order valence-electron chi connectivity index (χ3n) is 4.91. The summed E-state index contributed by atoms with van der Waals surface area (Å²) in [6, 6.07) is 6.21. The average molecular weight is 411 g/mol. The summed E-state index contributed by atoms with van der Waals surface area (Å²) >= 11 is 0. The van der Waals surface area contributed by atoms with Gasteiger partial charge in [-0.1, -0.05) is 0 Å². The maximum atomic E-state index is 14.7. The van der Waals surface area contributed by atoms with Gasteiger partial charge in [-0.3, -0.25) is 14.8 Å². The van der Waals surface area contributed by atoms with Crippen molar-refractivity contribution in [2.75, 3.05) is 5.32 Å². The molecule has 0 fully saturated rings. The quantitative estimate of drug-likeness (QED) is 0.692. The van der Waals surface area contributed by atoms with E-state index in [-0.39, 0.29) is 17.1 Å². The standard InChI is InChI=1S/C21H16F3N5O/c1-21(8-11-9-26-5-4-14(11)19(25)29-21)15-7-13(2-3-16(15)23)28-20(30)18-17(24)6-12(22)10-27-18/h2-7,9-10H,8H2,1H3,(H2,25,29)(H,28,30). The summed E-state index contributed by atoms with van der Waals surface area (Å²) < 4.78 is 41.6. The summed E-state index contributed by atoms with van der Waals surface area (Å²) in [5.41, 5.74) is 6.43. The minimum absolute atomic E-state index is 0.199. The normalized spacial score (nSPS) is 17.8. The zero-order valence-electron chi connectivity index (χ0n) is 15.8. The van der Waals surface area contributed by atoms with E-state index < -0.39 is 34.6 Å². The number of fused-ring (bicyclic) bond motifs is 1. The number of carbonyl (C=O) groups excluding carboxylic acids is 1. The topological polar surface area (TPSA) is 93.3 Å². The molecule has 1 unspecified atom stereocenters. The van der Waals surface area contributed by atoms with Gasteiger partial charge in [0.05, 0.1) is 11.7 Å². The van der Waals surface area contributed by atoms with E-state index in [0.717, 1.165) is 17.3 Å². The average Bonchev–Trinajstić information content (AvgIpc) is 2.69. The van der Waals surface area contributed by atoms with Crippen LogP contribution in [-0.2, 0) is 12.0 Å². The van der Waals surface area contributed by atoms with Crippen LogP contribution in [0.15, 0.2) is 53.9 Å². The summed E-state index contributed by atoms with van der Waals surface area (Å²) in [6.07, 6.45) is 4.34. The smallest absolute Gasteiger partial charge is 0.277 e. The van der Waals surface area contributed by atoms with Gasteiger partial charge in [-0.25, -0.2) is 18.2 Å². The van der Waals surface area contributed by atoms with Crippen LogP contribution >= 0.6 is 0 Å². The predicted octanol–water partition coefficient (Wildman–Crippen LogP) is 3.32. The number of aliphatic imine (C=N–C) groups is 1. The Labute approximate surface area is 169 Å². The van der Waals surface area contributed by atoms with Gasteiger partial charge >= 0.3 is 0 Å². The first kappa shape index (κ1) is 19.6. The second-order valence-electron chi connectivity index (χ2n) is 7.11. The molecular formula is C21H16F3N5O. The molecule has 0 saturated carbocycles. The molecule has 0 aliphatic carbocycles. The predicted molar refractivity (Wildman–Crippen MR) is 105 cm³/mol. The first-order valence-corrected chi connectivity index (χ1v) is 8.98. The highest BCUT2D eigenvalue weighted by molar-refractivity contribution is 6.03. The van der Waals surface area contributed by atoms with Crippen LogP contribution in [0.25, 0.3) is 0 Å². The zero-order chi connectivity index (χ0) is 21.5. The number of halogens is 3. The largest absolute Gasteiger partial charge is 0.383 e. The fraction of sp³-hybridized carbons (Fsp3) is 0.143. The van der Waals surface area contributed by atoms with Gasteiger partial charge in [0, 0.05) is 41.7 Å². The lowest BCUT2D eigenvalue weighted by Gasteiger charge is -2.32. The van der Waals surface area contributed by atoms with Gasteiger partial charge in [0.2, 0.25) is 0 Å². The summed E-state index contributed by atoms with van der Waals surface area (Å²) in [5, 5.41) is 2.45. The van der Waals surface area contributed by atoms with Crippen molar-refractivity contribution in [3.63, 3.8) is 0 Å². The highest BCUT2D eigenvalue weighted by atomic mass is 19.1. The Morgan fingerprint density at radius 2 is 1.93 bits per heavy atom. The molecule has 1 aliphatic heterocycles. The number of anilines is 1. The van der Waals surface area contributed by atoms with E-state index >= 15 is 0 Å². The van der Waals surface area contributed by atoms with Crippen molar-refractivity contribution >= 4 is 17.4 Å². The molecule has 0 spiro atoms. The third kappa shape index (κ3) is 3.49. The second kappa shape index (κ2) is 7.25. The van der Waals surface area contributed by atoms with Crippen molar-refractivity contribution in [1.82, 2.24) is 9.97 Å². The molecule has 0 saturated heterocycles. The van der Waals surface area contributed by atoms with Gasteiger partial charge in [0.15, 0.2) is 11.5 Å². The number of pyridine rings is 2. The van der Waals surface area contributed by atoms with Crippen molar-refractivity contribution in [1.29, 1.82) is 0 Å². The highest BCUT2D eigenvalue weighted by Crippen LogP contribution is 2.37. The lowest BCUT2D eigenvalue weighted by atomic mass is 9.82. The van der Waals surface area contributed by atoms with Crippen LogP contribution in [0.3, 0.4) is 0 Å². The molecule has 3 heterocycles. The van der Waals surface area contributed by atoms with E-state index in [1.165, 1.54) is 18.2 Å². The van der Waals surface area contributed by atoms with Crippen LogP contribution in [0.4, 0.5) is 18.9 Å². The number of rotatable bonds is 3. The van der Waals surface area contributed by atoms with E-state index in [2.05, 4.69) is 20.3 Å². The van der Waals surface area contributed by atoms with Gasteiger partial charge in [-0.05, 0) is 36.8 Å². The van der Waals surface area contributed by atoms with E-state index in [1.54, 1.807) is 25.4 Å². The van der Waals surface area contributed by atoms with Gasteiger partial charge < -0.3 is 11.1 Å². The summed E-state index contributed by atoms with van der Waals surface area (Å²) in [6.45, 7) is 1.72. The monoisotopic (exact) mass is 411 g/mol. The van der Waals surface area contributed by atoms with Gasteiger partial charge in [-0.2, -0.15) is 0 Å². The van der Waals surface area contributed by atoms with E-state index in [9.17, 15) is 18.0 Å². The van der Waals surface area contributed by atoms with Crippen LogP contribution in [0, 0.1) is 17.5 Å². The molecule has 1 atom stereocenters. The van der Waals surface area contributed by atoms with Crippen LogP contribution in [0.2, 0.25) is 0 Å². The molecule has 1 amide bonds. The molecule has 9 heteroatoms. The van der Waals surface area contributed by atoms with E-state index in [4.69, 9.17) is 5.73 Å². The summed E-state index contributed by atoms with van der Waals surface area (Å²) in [4.78, 5) is 24.4. The second-order valence-corrected chi connectivity index (χ2v) is 7.11. The highest BCUT2D eigenvalue weighted by Gasteiger charge is 2.34. The van der Waals surface area contributed by atoms with E-state index in [0.29, 0.717) is 12.5 Å². The summed E-state index contributed by atoms with van der Waals surface area (Å²) in [7, 11) is 0. The first-order valence-electron chi connectivity index (χ1n) is 8.98. The maximum absolute atomic E-state index is 14.7. The van der Waals surface area contributed by atoms with Crippen molar-refractivity contribution in [3.05, 3.63) is 88.8 Å². The fourth-order valence-corrected chi connectivity index (χ4v) is 3.50. The molecule has 3 aromatic rings. The number of nitrogens with two attached hydrogens (primary N) is 1. The Morgan fingerprint density at radius 3 is 2.70 bits per heavy atom. The van der Waals surface area contributed by atoms with Crippen molar-refractivity contribution in [3.8, 4) is 0 Å². The number of hydrogen-bond donors (Lipinski definition) is 2. The van der Waals surface area contributed by atoms with Crippen LogP contribution in [0.1, 0.15) is 34.1 Å². The number of amides is 1. The first-order chi connectivity index (χ1) is 14.3. The molecule has 3 N–H and O–H groups in total. The van der Waals surface area contributed by atoms with Crippen LogP contribution in [-0.4, -0.2) is 21.7 Å². The molecule has 152 valence electrons. The molecule has 0 radical (unpaired) electrons. The van der Waals surface area contributed by atoms with Crippen LogP contribution < -0.4 is 11.1 Å². The number of hydrogen-bond acceptors (Lipinski definition) is 5. The van der Waals surface area contributed by atoms with Gasteiger partial charge in [-0.15, -0.1) is 0 Å². The Hall–Kier alpha value is -3.75. The molecule has 1 aliphatic rings. The number of aromatic nitrogens is 2. The number of benzene rings is 1. The lowest BCUT2D eigenvalue weighted by molar-refractivity contribution is 0.101.